The molecule has 1 aromatic rings. The van der Waals surface area contributed by atoms with Gasteiger partial charge in [-0.15, -0.1) is 10.2 Å². The summed E-state index contributed by atoms with van der Waals surface area (Å²) < 4.78 is 0. The molecule has 1 aromatic heterocycles. The maximum absolute atomic E-state index is 6.06. The fourth-order valence-corrected chi connectivity index (χ4v) is 2.70. The van der Waals surface area contributed by atoms with Crippen LogP contribution in [0.5, 0.6) is 0 Å². The number of hydrogen-bond acceptors (Lipinski definition) is 3. The minimum Gasteiger partial charge on any atom is -0.330 e. The molecule has 2 rings (SSSR count). The molecule has 0 amide bonds. The Morgan fingerprint density at radius 2 is 2.07 bits per heavy atom. The van der Waals surface area contributed by atoms with E-state index in [9.17, 15) is 0 Å². The molecule has 0 aromatic carbocycles. The maximum atomic E-state index is 6.06. The predicted octanol–water partition coefficient (Wildman–Crippen LogP) is 2.55. The van der Waals surface area contributed by atoms with E-state index in [1.807, 2.05) is 6.07 Å². The number of aromatic nitrogens is 2. The van der Waals surface area contributed by atoms with Gasteiger partial charge in [0.25, 0.3) is 0 Å². The summed E-state index contributed by atoms with van der Waals surface area (Å²) in [5, 5.41) is 8.44. The summed E-state index contributed by atoms with van der Waals surface area (Å²) in [6, 6.07) is 1.83. The van der Waals surface area contributed by atoms with Gasteiger partial charge in [-0.2, -0.15) is 0 Å². The number of halogens is 2. The van der Waals surface area contributed by atoms with Gasteiger partial charge in [-0.25, -0.2) is 0 Å². The van der Waals surface area contributed by atoms with Crippen LogP contribution in [0.15, 0.2) is 6.07 Å². The third kappa shape index (κ3) is 1.96. The van der Waals surface area contributed by atoms with E-state index < -0.39 is 0 Å². The van der Waals surface area contributed by atoms with E-state index in [1.165, 1.54) is 6.42 Å². The fraction of sp³-hybridized carbons (Fsp3) is 0.600. The molecule has 82 valence electrons. The molecular weight excluding hydrogens is 233 g/mol. The van der Waals surface area contributed by atoms with Gasteiger partial charge in [0.2, 0.25) is 0 Å². The Morgan fingerprint density at radius 3 is 2.60 bits per heavy atom. The summed E-state index contributed by atoms with van der Waals surface area (Å²) in [6.45, 7) is 0.663. The fourth-order valence-electron chi connectivity index (χ4n) is 2.26. The molecule has 0 atom stereocenters. The van der Waals surface area contributed by atoms with Crippen LogP contribution in [-0.4, -0.2) is 16.7 Å². The SMILES string of the molecule is NCCC1(c2cc(Cl)nnc2Cl)CCC1. The Labute approximate surface area is 99.0 Å². The van der Waals surface area contributed by atoms with Gasteiger partial charge in [0, 0.05) is 5.56 Å². The monoisotopic (exact) mass is 245 g/mol. The van der Waals surface area contributed by atoms with Crippen molar-refractivity contribution in [2.45, 2.75) is 31.1 Å². The molecule has 0 spiro atoms. The molecule has 15 heavy (non-hydrogen) atoms. The van der Waals surface area contributed by atoms with Crippen molar-refractivity contribution in [3.05, 3.63) is 21.9 Å². The highest BCUT2D eigenvalue weighted by Crippen LogP contribution is 2.48. The quantitative estimate of drug-likeness (QED) is 0.891. The van der Waals surface area contributed by atoms with Crippen LogP contribution < -0.4 is 5.73 Å². The van der Waals surface area contributed by atoms with Gasteiger partial charge in [0.05, 0.1) is 0 Å². The highest BCUT2D eigenvalue weighted by molar-refractivity contribution is 6.31. The summed E-state index contributed by atoms with van der Waals surface area (Å²) in [5.41, 5.74) is 6.75. The molecule has 3 nitrogen and oxygen atoms in total. The molecule has 2 N–H and O–H groups in total. The molecule has 0 bridgehead atoms. The topological polar surface area (TPSA) is 51.8 Å². The third-order valence-corrected chi connectivity index (χ3v) is 3.69. The zero-order valence-corrected chi connectivity index (χ0v) is 9.85. The lowest BCUT2D eigenvalue weighted by atomic mass is 9.63. The van der Waals surface area contributed by atoms with Crippen molar-refractivity contribution in [1.29, 1.82) is 0 Å². The Hall–Kier alpha value is -0.380. The average Bonchev–Trinajstić information content (AvgIpc) is 2.16. The van der Waals surface area contributed by atoms with Crippen LogP contribution in [0.2, 0.25) is 10.3 Å². The normalized spacial score (nSPS) is 18.6. The second-order valence-electron chi connectivity index (χ2n) is 4.04. The molecule has 0 saturated heterocycles. The molecule has 1 saturated carbocycles. The lowest BCUT2D eigenvalue weighted by molar-refractivity contribution is 0.228. The molecule has 1 fully saturated rings. The van der Waals surface area contributed by atoms with Crippen molar-refractivity contribution in [2.24, 2.45) is 5.73 Å². The third-order valence-electron chi connectivity index (χ3n) is 3.22. The van der Waals surface area contributed by atoms with Crippen LogP contribution in [0, 0.1) is 0 Å². The van der Waals surface area contributed by atoms with Crippen LogP contribution in [0.4, 0.5) is 0 Å². The number of hydrogen-bond donors (Lipinski definition) is 1. The van der Waals surface area contributed by atoms with E-state index in [1.54, 1.807) is 0 Å². The molecule has 0 radical (unpaired) electrons. The predicted molar refractivity (Wildman–Crippen MR) is 61.3 cm³/mol. The highest BCUT2D eigenvalue weighted by atomic mass is 35.5. The lowest BCUT2D eigenvalue weighted by Gasteiger charge is -2.42. The Kier molecular flexibility index (Phi) is 3.14. The van der Waals surface area contributed by atoms with Crippen LogP contribution in [-0.2, 0) is 5.41 Å². The van der Waals surface area contributed by atoms with Crippen molar-refractivity contribution >= 4 is 23.2 Å². The lowest BCUT2D eigenvalue weighted by Crippen LogP contribution is -2.37. The van der Waals surface area contributed by atoms with Crippen molar-refractivity contribution in [3.63, 3.8) is 0 Å². The summed E-state index contributed by atoms with van der Waals surface area (Å²) in [5.74, 6) is 0. The smallest absolute Gasteiger partial charge is 0.155 e. The first-order valence-electron chi connectivity index (χ1n) is 5.07. The van der Waals surface area contributed by atoms with Crippen LogP contribution >= 0.6 is 23.2 Å². The zero-order chi connectivity index (χ0) is 10.9. The van der Waals surface area contributed by atoms with E-state index >= 15 is 0 Å². The van der Waals surface area contributed by atoms with E-state index in [0.717, 1.165) is 24.8 Å². The van der Waals surface area contributed by atoms with Crippen LogP contribution in [0.25, 0.3) is 0 Å². The number of nitrogens with two attached hydrogens (primary N) is 1. The van der Waals surface area contributed by atoms with Gasteiger partial charge >= 0.3 is 0 Å². The number of nitrogens with zero attached hydrogens (tertiary/aromatic N) is 2. The second kappa shape index (κ2) is 4.24. The van der Waals surface area contributed by atoms with Crippen molar-refractivity contribution in [1.82, 2.24) is 10.2 Å². The van der Waals surface area contributed by atoms with Crippen LogP contribution in [0.3, 0.4) is 0 Å². The first-order chi connectivity index (χ1) is 7.18. The molecule has 1 aliphatic carbocycles. The van der Waals surface area contributed by atoms with Crippen molar-refractivity contribution in [2.75, 3.05) is 6.54 Å². The number of rotatable bonds is 3. The zero-order valence-electron chi connectivity index (χ0n) is 8.34. The van der Waals surface area contributed by atoms with Gasteiger partial charge in [-0.3, -0.25) is 0 Å². The molecule has 1 aliphatic rings. The van der Waals surface area contributed by atoms with Gasteiger partial charge in [-0.05, 0) is 37.3 Å². The first-order valence-corrected chi connectivity index (χ1v) is 5.83. The summed E-state index contributed by atoms with van der Waals surface area (Å²) in [4.78, 5) is 0. The van der Waals surface area contributed by atoms with E-state index in [0.29, 0.717) is 16.9 Å². The molecule has 5 heteroatoms. The Balaban J connectivity index is 2.37. The minimum atomic E-state index is 0.103. The Morgan fingerprint density at radius 1 is 1.33 bits per heavy atom. The van der Waals surface area contributed by atoms with E-state index in [4.69, 9.17) is 28.9 Å². The first kappa shape index (κ1) is 11.1. The van der Waals surface area contributed by atoms with Gasteiger partial charge in [-0.1, -0.05) is 29.6 Å². The summed E-state index contributed by atoms with van der Waals surface area (Å²) in [6.07, 6.45) is 4.39. The summed E-state index contributed by atoms with van der Waals surface area (Å²) in [7, 11) is 0. The van der Waals surface area contributed by atoms with Crippen molar-refractivity contribution in [3.8, 4) is 0 Å². The standard InChI is InChI=1S/C10H13Cl2N3/c11-8-6-7(9(12)15-14-8)10(4-5-13)2-1-3-10/h6H,1-5,13H2. The highest BCUT2D eigenvalue weighted by Gasteiger charge is 2.40. The molecule has 0 aliphatic heterocycles. The van der Waals surface area contributed by atoms with E-state index in [2.05, 4.69) is 10.2 Å². The Bertz CT molecular complexity index is 364. The van der Waals surface area contributed by atoms with Crippen molar-refractivity contribution < 1.29 is 0 Å². The van der Waals surface area contributed by atoms with Crippen LogP contribution in [0.1, 0.15) is 31.2 Å². The van der Waals surface area contributed by atoms with E-state index in [-0.39, 0.29) is 5.41 Å². The van der Waals surface area contributed by atoms with Gasteiger partial charge < -0.3 is 5.73 Å². The summed E-state index contributed by atoms with van der Waals surface area (Å²) >= 11 is 11.9. The minimum absolute atomic E-state index is 0.103. The average molecular weight is 246 g/mol. The largest absolute Gasteiger partial charge is 0.330 e. The van der Waals surface area contributed by atoms with Gasteiger partial charge in [0.1, 0.15) is 0 Å². The maximum Gasteiger partial charge on any atom is 0.155 e. The van der Waals surface area contributed by atoms with Gasteiger partial charge in [0.15, 0.2) is 10.3 Å². The molecule has 1 heterocycles. The molecular formula is C10H13Cl2N3. The second-order valence-corrected chi connectivity index (χ2v) is 4.79. The molecule has 0 unspecified atom stereocenters.